The summed E-state index contributed by atoms with van der Waals surface area (Å²) in [5.41, 5.74) is 6.81. The summed E-state index contributed by atoms with van der Waals surface area (Å²) in [4.78, 5) is 10.9. The van der Waals surface area contributed by atoms with Gasteiger partial charge in [0.25, 0.3) is 5.69 Å². The van der Waals surface area contributed by atoms with Gasteiger partial charge < -0.3 is 22.0 Å². The summed E-state index contributed by atoms with van der Waals surface area (Å²) in [6.07, 6.45) is 2.75. The zero-order valence-electron chi connectivity index (χ0n) is 18.1. The molecule has 2 aromatic carbocycles. The van der Waals surface area contributed by atoms with Crippen molar-refractivity contribution in [1.29, 1.82) is 0 Å². The van der Waals surface area contributed by atoms with Gasteiger partial charge in [-0.25, -0.2) is 4.57 Å². The van der Waals surface area contributed by atoms with Crippen LogP contribution >= 0.6 is 0 Å². The molecule has 0 fully saturated rings. The van der Waals surface area contributed by atoms with Crippen molar-refractivity contribution in [3.8, 4) is 5.69 Å². The molecule has 0 bridgehead atoms. The van der Waals surface area contributed by atoms with Crippen molar-refractivity contribution in [2.45, 2.75) is 45.9 Å². The number of benzene rings is 2. The van der Waals surface area contributed by atoms with Crippen LogP contribution in [0.25, 0.3) is 5.69 Å². The molecule has 0 unspecified atom stereocenters. The van der Waals surface area contributed by atoms with Crippen molar-refractivity contribution >= 4 is 12.9 Å². The van der Waals surface area contributed by atoms with Gasteiger partial charge in [-0.05, 0) is 37.5 Å². The number of halogens is 4. The van der Waals surface area contributed by atoms with Gasteiger partial charge in [0.05, 0.1) is 4.92 Å². The molecular weight excluding hydrogens is 443 g/mol. The second kappa shape index (κ2) is 8.25. The average molecular weight is 464 g/mol. The molecule has 1 aliphatic heterocycles. The topological polar surface area (TPSA) is 74.1 Å². The molecule has 3 aromatic rings. The van der Waals surface area contributed by atoms with E-state index < -0.39 is 7.25 Å². The van der Waals surface area contributed by atoms with Crippen LogP contribution in [0.1, 0.15) is 39.7 Å². The van der Waals surface area contributed by atoms with Crippen LogP contribution in [0.3, 0.4) is 0 Å². The molecule has 0 saturated carbocycles. The first-order valence-electron chi connectivity index (χ1n) is 10.3. The molecule has 2 aliphatic rings. The molecule has 0 saturated heterocycles. The largest absolute Gasteiger partial charge is 0.673 e. The van der Waals surface area contributed by atoms with E-state index in [2.05, 4.69) is 37.5 Å². The summed E-state index contributed by atoms with van der Waals surface area (Å²) in [7, 11) is -6.00. The second-order valence-corrected chi connectivity index (χ2v) is 8.26. The second-order valence-electron chi connectivity index (χ2n) is 8.26. The highest BCUT2D eigenvalue weighted by molar-refractivity contribution is 6.50. The summed E-state index contributed by atoms with van der Waals surface area (Å²) in [5, 5.41) is 16.0. The van der Waals surface area contributed by atoms with Crippen molar-refractivity contribution in [2.24, 2.45) is 0 Å². The Hall–Kier alpha value is -3.28. The average Bonchev–Trinajstić information content (AvgIpc) is 3.25. The van der Waals surface area contributed by atoms with E-state index in [-0.39, 0.29) is 22.8 Å². The predicted octanol–water partition coefficient (Wildman–Crippen LogP) is 4.34. The maximum absolute atomic E-state index is 11.2. The number of hydrogen-bond acceptors (Lipinski definition) is 4. The van der Waals surface area contributed by atoms with Crippen LogP contribution in [0.4, 0.5) is 23.0 Å². The Bertz CT molecular complexity index is 1220. The molecule has 7 nitrogen and oxygen atoms in total. The van der Waals surface area contributed by atoms with E-state index in [1.54, 1.807) is 12.1 Å². The minimum atomic E-state index is -6.00. The van der Waals surface area contributed by atoms with Crippen LogP contribution in [0.5, 0.6) is 0 Å². The first-order valence-corrected chi connectivity index (χ1v) is 10.3. The molecule has 12 heteroatoms. The number of ether oxygens (including phenoxy) is 1. The number of non-ortho nitro benzene ring substituents is 1. The fourth-order valence-corrected chi connectivity index (χ4v) is 4.71. The molecule has 0 N–H and O–H groups in total. The Morgan fingerprint density at radius 1 is 1.15 bits per heavy atom. The molecule has 5 rings (SSSR count). The third kappa shape index (κ3) is 4.61. The van der Waals surface area contributed by atoms with E-state index in [0.717, 1.165) is 40.2 Å². The number of hydrogen-bond donors (Lipinski definition) is 0. The van der Waals surface area contributed by atoms with Crippen molar-refractivity contribution in [1.82, 2.24) is 9.78 Å². The van der Waals surface area contributed by atoms with Crippen LogP contribution in [0.15, 0.2) is 36.7 Å². The summed E-state index contributed by atoms with van der Waals surface area (Å²) in [5.74, 6) is 0.833. The van der Waals surface area contributed by atoms with Gasteiger partial charge in [-0.1, -0.05) is 28.4 Å². The maximum Gasteiger partial charge on any atom is 0.673 e. The number of aromatic nitrogens is 3. The third-order valence-corrected chi connectivity index (χ3v) is 5.78. The number of aryl methyl sites for hydroxylation is 3. The number of rotatable bonds is 2. The van der Waals surface area contributed by atoms with Gasteiger partial charge in [0.1, 0.15) is 24.4 Å². The zero-order valence-corrected chi connectivity index (χ0v) is 18.1. The summed E-state index contributed by atoms with van der Waals surface area (Å²) >= 11 is 0. The highest BCUT2D eigenvalue weighted by Crippen LogP contribution is 2.37. The number of nitro benzene ring substituents is 1. The lowest BCUT2D eigenvalue weighted by molar-refractivity contribution is -0.739. The van der Waals surface area contributed by atoms with Crippen LogP contribution in [-0.4, -0.2) is 28.1 Å². The molecule has 0 amide bonds. The lowest BCUT2D eigenvalue weighted by atomic mass is 10.1. The van der Waals surface area contributed by atoms with Gasteiger partial charge in [0.15, 0.2) is 0 Å². The van der Waals surface area contributed by atoms with Crippen molar-refractivity contribution < 1.29 is 31.5 Å². The molecule has 2 heterocycles. The lowest BCUT2D eigenvalue weighted by Crippen LogP contribution is -2.51. The van der Waals surface area contributed by atoms with E-state index in [9.17, 15) is 27.4 Å². The molecule has 33 heavy (non-hydrogen) atoms. The molecule has 0 spiro atoms. The fourth-order valence-electron chi connectivity index (χ4n) is 4.71. The Kier molecular flexibility index (Phi) is 5.73. The van der Waals surface area contributed by atoms with E-state index in [4.69, 9.17) is 9.84 Å². The molecular formula is C21H21BF4N4O3. The van der Waals surface area contributed by atoms with Crippen LogP contribution < -0.4 is 4.57 Å². The van der Waals surface area contributed by atoms with E-state index >= 15 is 0 Å². The number of nitro groups is 1. The highest BCUT2D eigenvalue weighted by atomic mass is 19.5. The van der Waals surface area contributed by atoms with Gasteiger partial charge in [-0.3, -0.25) is 10.1 Å². The molecule has 1 aliphatic carbocycles. The quantitative estimate of drug-likeness (QED) is 0.186. The predicted molar refractivity (Wildman–Crippen MR) is 112 cm³/mol. The van der Waals surface area contributed by atoms with E-state index in [0.29, 0.717) is 6.61 Å². The first-order chi connectivity index (χ1) is 15.4. The van der Waals surface area contributed by atoms with Crippen molar-refractivity contribution in [3.63, 3.8) is 0 Å². The number of fused-ring (bicyclic) bond motifs is 5. The summed E-state index contributed by atoms with van der Waals surface area (Å²) in [6.45, 7) is 6.71. The molecule has 2 atom stereocenters. The molecule has 1 aromatic heterocycles. The van der Waals surface area contributed by atoms with Crippen LogP contribution in [-0.2, 0) is 17.8 Å². The summed E-state index contributed by atoms with van der Waals surface area (Å²) < 4.78 is 49.1. The Labute approximate surface area is 186 Å². The lowest BCUT2D eigenvalue weighted by Gasteiger charge is -2.23. The SMILES string of the molecule is Cc1cc(C)c(-n2c[n+]3c(n2)CO[C@@H]2Cc4ccc([N+](=O)[O-])cc4[C@@H]23)c(C)c1.F[B-](F)(F)F. The maximum atomic E-state index is 11.2. The van der Waals surface area contributed by atoms with Crippen LogP contribution in [0, 0.1) is 30.9 Å². The molecule has 174 valence electrons. The van der Waals surface area contributed by atoms with Crippen molar-refractivity contribution in [2.75, 3.05) is 0 Å². The van der Waals surface area contributed by atoms with Gasteiger partial charge in [-0.15, -0.1) is 0 Å². The minimum absolute atomic E-state index is 0.0210. The van der Waals surface area contributed by atoms with Gasteiger partial charge in [-0.2, -0.15) is 0 Å². The first kappa shape index (κ1) is 22.9. The monoisotopic (exact) mass is 464 g/mol. The van der Waals surface area contributed by atoms with Crippen LogP contribution in [0.2, 0.25) is 0 Å². The van der Waals surface area contributed by atoms with Crippen molar-refractivity contribution in [3.05, 3.63) is 80.4 Å². The van der Waals surface area contributed by atoms with Gasteiger partial charge in [0, 0.05) is 29.2 Å². The Morgan fingerprint density at radius 3 is 2.39 bits per heavy atom. The highest BCUT2D eigenvalue weighted by Gasteiger charge is 2.44. The van der Waals surface area contributed by atoms with Gasteiger partial charge in [0.2, 0.25) is 6.33 Å². The molecule has 0 radical (unpaired) electrons. The van der Waals surface area contributed by atoms with Gasteiger partial charge >= 0.3 is 13.1 Å². The van der Waals surface area contributed by atoms with E-state index in [1.807, 2.05) is 17.1 Å². The Morgan fingerprint density at radius 2 is 1.79 bits per heavy atom. The standard InChI is InChI=1S/C21H21N4O3.BF4/c1-12-6-13(2)20(14(3)7-12)24-11-23-19(22-24)10-28-18-8-15-4-5-16(25(26)27)9-17(15)21(18)23;2-1(3,4)5/h4-7,9,11,18,21H,8,10H2,1-3H3;/q+1;-1/t18-,21+;/m1./s1. The third-order valence-electron chi connectivity index (χ3n) is 5.78. The van der Waals surface area contributed by atoms with E-state index in [1.165, 1.54) is 5.56 Å². The Balaban J connectivity index is 0.000000471. The normalized spacial score (nSPS) is 18.6. The summed E-state index contributed by atoms with van der Waals surface area (Å²) in [6, 6.07) is 9.34. The number of nitrogens with zero attached hydrogens (tertiary/aromatic N) is 4. The zero-order chi connectivity index (χ0) is 24.1. The smallest absolute Gasteiger partial charge is 0.418 e. The minimum Gasteiger partial charge on any atom is -0.418 e. The fraction of sp³-hybridized carbons (Fsp3) is 0.333.